The zero-order valence-corrected chi connectivity index (χ0v) is 20.0. The number of methoxy groups -OCH3 is 2. The maximum atomic E-state index is 13.4. The number of amides is 2. The molecule has 0 atom stereocenters. The fourth-order valence-corrected chi connectivity index (χ4v) is 4.63. The van der Waals surface area contributed by atoms with Gasteiger partial charge in [-0.3, -0.25) is 19.8 Å². The minimum absolute atomic E-state index is 0.0305. The summed E-state index contributed by atoms with van der Waals surface area (Å²) in [6, 6.07) is 9.43. The first-order valence-corrected chi connectivity index (χ1v) is 11.2. The van der Waals surface area contributed by atoms with E-state index in [9.17, 15) is 9.59 Å². The predicted molar refractivity (Wildman–Crippen MR) is 133 cm³/mol. The third-order valence-electron chi connectivity index (χ3n) is 5.84. The topological polar surface area (TPSA) is 71.1 Å². The lowest BCUT2D eigenvalue weighted by molar-refractivity contribution is -0.122. The Morgan fingerprint density at radius 3 is 2.18 bits per heavy atom. The Kier molecular flexibility index (Phi) is 6.37. The molecule has 0 saturated carbocycles. The zero-order valence-electron chi connectivity index (χ0n) is 19.2. The fraction of sp³-hybridized carbons (Fsp3) is 0.320. The highest BCUT2D eigenvalue weighted by Gasteiger charge is 2.35. The van der Waals surface area contributed by atoms with E-state index in [-0.39, 0.29) is 10.7 Å². The maximum absolute atomic E-state index is 13.4. The summed E-state index contributed by atoms with van der Waals surface area (Å²) < 4.78 is 11.2. The zero-order chi connectivity index (χ0) is 23.7. The second-order valence-corrected chi connectivity index (χ2v) is 8.65. The number of carbonyl (C=O) groups excluding carboxylic acids is 2. The number of benzene rings is 2. The third kappa shape index (κ3) is 4.43. The predicted octanol–water partition coefficient (Wildman–Crippen LogP) is 3.75. The minimum atomic E-state index is -0.546. The van der Waals surface area contributed by atoms with Gasteiger partial charge in [-0.05, 0) is 74.3 Å². The summed E-state index contributed by atoms with van der Waals surface area (Å²) in [6.07, 6.45) is 3.78. The summed E-state index contributed by atoms with van der Waals surface area (Å²) >= 11 is 5.33. The van der Waals surface area contributed by atoms with Crippen LogP contribution in [0.25, 0.3) is 6.08 Å². The van der Waals surface area contributed by atoms with Crippen molar-refractivity contribution in [3.63, 3.8) is 0 Å². The number of anilines is 2. The Hall–Kier alpha value is -3.39. The molecule has 4 rings (SSSR count). The number of hydrogen-bond acceptors (Lipinski definition) is 6. The molecule has 0 aromatic heterocycles. The molecule has 0 bridgehead atoms. The number of aryl methyl sites for hydroxylation is 2. The van der Waals surface area contributed by atoms with Gasteiger partial charge in [-0.2, -0.15) is 0 Å². The Labute approximate surface area is 199 Å². The molecular weight excluding hydrogens is 438 g/mol. The molecule has 0 spiro atoms. The van der Waals surface area contributed by atoms with E-state index < -0.39 is 11.8 Å². The van der Waals surface area contributed by atoms with Crippen molar-refractivity contribution in [3.8, 4) is 11.5 Å². The van der Waals surface area contributed by atoms with Gasteiger partial charge in [-0.25, -0.2) is 0 Å². The summed E-state index contributed by atoms with van der Waals surface area (Å²) in [5.41, 5.74) is 4.08. The molecule has 0 aliphatic carbocycles. The number of rotatable bonds is 5. The van der Waals surface area contributed by atoms with E-state index in [1.165, 1.54) is 11.0 Å². The number of carbonyl (C=O) groups is 2. The molecule has 2 aliphatic heterocycles. The second-order valence-electron chi connectivity index (χ2n) is 8.26. The van der Waals surface area contributed by atoms with Gasteiger partial charge in [0.25, 0.3) is 11.8 Å². The number of hydrogen-bond donors (Lipinski definition) is 1. The largest absolute Gasteiger partial charge is 0.496 e. The van der Waals surface area contributed by atoms with Gasteiger partial charge in [0.2, 0.25) is 0 Å². The highest BCUT2D eigenvalue weighted by atomic mass is 32.1. The summed E-state index contributed by atoms with van der Waals surface area (Å²) in [5, 5.41) is 2.70. The molecule has 2 aromatic carbocycles. The van der Waals surface area contributed by atoms with Gasteiger partial charge >= 0.3 is 0 Å². The van der Waals surface area contributed by atoms with Crippen LogP contribution in [0, 0.1) is 13.8 Å². The molecule has 7 nitrogen and oxygen atoms in total. The van der Waals surface area contributed by atoms with Gasteiger partial charge in [0.05, 0.1) is 25.6 Å². The van der Waals surface area contributed by atoms with Crippen molar-refractivity contribution in [1.82, 2.24) is 5.32 Å². The Morgan fingerprint density at radius 1 is 0.939 bits per heavy atom. The molecule has 2 fully saturated rings. The quantitative estimate of drug-likeness (QED) is 0.412. The lowest BCUT2D eigenvalue weighted by Crippen LogP contribution is -2.54. The second kappa shape index (κ2) is 9.23. The van der Waals surface area contributed by atoms with Crippen molar-refractivity contribution >= 4 is 46.6 Å². The van der Waals surface area contributed by atoms with Crippen LogP contribution in [-0.4, -0.2) is 44.2 Å². The molecule has 0 radical (unpaired) electrons. The first-order chi connectivity index (χ1) is 15.8. The molecule has 2 aliphatic rings. The molecule has 0 unspecified atom stereocenters. The Bertz CT molecular complexity index is 1150. The average molecular weight is 466 g/mol. The molecule has 8 heteroatoms. The number of thiocarbonyl (C=S) groups is 1. The number of ether oxygens (including phenoxy) is 2. The van der Waals surface area contributed by atoms with Crippen molar-refractivity contribution < 1.29 is 19.1 Å². The van der Waals surface area contributed by atoms with Gasteiger partial charge < -0.3 is 14.4 Å². The van der Waals surface area contributed by atoms with E-state index in [4.69, 9.17) is 21.7 Å². The van der Waals surface area contributed by atoms with E-state index in [2.05, 4.69) is 10.2 Å². The van der Waals surface area contributed by atoms with E-state index in [0.717, 1.165) is 42.7 Å². The molecule has 2 saturated heterocycles. The van der Waals surface area contributed by atoms with Gasteiger partial charge in [0.1, 0.15) is 17.1 Å². The van der Waals surface area contributed by atoms with Crippen LogP contribution in [0.3, 0.4) is 0 Å². The van der Waals surface area contributed by atoms with E-state index >= 15 is 0 Å². The first-order valence-electron chi connectivity index (χ1n) is 10.8. The average Bonchev–Trinajstić information content (AvgIpc) is 3.30. The van der Waals surface area contributed by atoms with E-state index in [1.54, 1.807) is 20.3 Å². The lowest BCUT2D eigenvalue weighted by Gasteiger charge is -2.29. The highest BCUT2D eigenvalue weighted by Crippen LogP contribution is 2.38. The van der Waals surface area contributed by atoms with Crippen LogP contribution in [0.15, 0.2) is 35.9 Å². The van der Waals surface area contributed by atoms with Crippen LogP contribution in [0.2, 0.25) is 0 Å². The fourth-order valence-electron chi connectivity index (χ4n) is 4.35. The van der Waals surface area contributed by atoms with Gasteiger partial charge in [0, 0.05) is 24.7 Å². The normalized spacial score (nSPS) is 17.6. The van der Waals surface area contributed by atoms with E-state index in [1.807, 2.05) is 38.1 Å². The van der Waals surface area contributed by atoms with E-state index in [0.29, 0.717) is 22.7 Å². The molecule has 172 valence electrons. The number of nitrogens with zero attached hydrogens (tertiary/aromatic N) is 2. The summed E-state index contributed by atoms with van der Waals surface area (Å²) in [4.78, 5) is 29.8. The SMILES string of the molecule is COc1cc(N2CCCC2)c(OC)cc1/C=C1\C(=O)NC(=S)N(c2cc(C)cc(C)c2)C1=O. The molecule has 2 heterocycles. The molecular formula is C25H27N3O4S. The summed E-state index contributed by atoms with van der Waals surface area (Å²) in [5.74, 6) is 0.181. The smallest absolute Gasteiger partial charge is 0.270 e. The van der Waals surface area contributed by atoms with Crippen LogP contribution in [0.5, 0.6) is 11.5 Å². The van der Waals surface area contributed by atoms with Crippen molar-refractivity contribution in [1.29, 1.82) is 0 Å². The van der Waals surface area contributed by atoms with Crippen LogP contribution >= 0.6 is 12.2 Å². The third-order valence-corrected chi connectivity index (χ3v) is 6.13. The van der Waals surface area contributed by atoms with Gasteiger partial charge in [-0.15, -0.1) is 0 Å². The first kappa shape index (κ1) is 22.8. The standard InChI is InChI=1S/C25H27N3O4S/c1-15-9-16(2)11-18(10-15)28-24(30)19(23(29)26-25(28)33)12-17-13-22(32-4)20(14-21(17)31-3)27-7-5-6-8-27/h9-14H,5-8H2,1-4H3,(H,26,29,33)/b19-12+. The summed E-state index contributed by atoms with van der Waals surface area (Å²) in [6.45, 7) is 5.79. The Balaban J connectivity index is 1.77. The van der Waals surface area contributed by atoms with Crippen molar-refractivity contribution in [2.45, 2.75) is 26.7 Å². The number of nitrogens with one attached hydrogen (secondary N) is 1. The molecule has 2 amide bonds. The molecule has 2 aromatic rings. The van der Waals surface area contributed by atoms with Crippen LogP contribution in [-0.2, 0) is 9.59 Å². The summed E-state index contributed by atoms with van der Waals surface area (Å²) in [7, 11) is 3.17. The maximum Gasteiger partial charge on any atom is 0.270 e. The van der Waals surface area contributed by atoms with Crippen molar-refractivity contribution in [2.75, 3.05) is 37.1 Å². The van der Waals surface area contributed by atoms with Crippen molar-refractivity contribution in [3.05, 3.63) is 52.6 Å². The van der Waals surface area contributed by atoms with Crippen LogP contribution < -0.4 is 24.6 Å². The van der Waals surface area contributed by atoms with Gasteiger partial charge in [0.15, 0.2) is 5.11 Å². The van der Waals surface area contributed by atoms with Gasteiger partial charge in [-0.1, -0.05) is 6.07 Å². The van der Waals surface area contributed by atoms with Crippen LogP contribution in [0.4, 0.5) is 11.4 Å². The Morgan fingerprint density at radius 2 is 1.58 bits per heavy atom. The minimum Gasteiger partial charge on any atom is -0.496 e. The van der Waals surface area contributed by atoms with Crippen molar-refractivity contribution in [2.24, 2.45) is 0 Å². The molecule has 33 heavy (non-hydrogen) atoms. The highest BCUT2D eigenvalue weighted by molar-refractivity contribution is 7.80. The molecule has 1 N–H and O–H groups in total. The monoisotopic (exact) mass is 465 g/mol. The lowest BCUT2D eigenvalue weighted by atomic mass is 10.0. The van der Waals surface area contributed by atoms with Crippen LogP contribution in [0.1, 0.15) is 29.5 Å².